The molecule has 1 amide bonds. The molecule has 172 valence electrons. The van der Waals surface area contributed by atoms with Gasteiger partial charge in [-0.15, -0.1) is 5.10 Å². The highest BCUT2D eigenvalue weighted by atomic mass is 16.3. The van der Waals surface area contributed by atoms with Crippen LogP contribution in [0.25, 0.3) is 0 Å². The molecule has 3 heterocycles. The molecular weight excluding hydrogens is 432 g/mol. The van der Waals surface area contributed by atoms with Crippen molar-refractivity contribution in [2.24, 2.45) is 0 Å². The lowest BCUT2D eigenvalue weighted by Crippen LogP contribution is -2.20. The van der Waals surface area contributed by atoms with Crippen LogP contribution in [0.4, 0.5) is 28.6 Å². The van der Waals surface area contributed by atoms with Crippen LogP contribution in [0.3, 0.4) is 0 Å². The highest BCUT2D eigenvalue weighted by Gasteiger charge is 2.24. The van der Waals surface area contributed by atoms with E-state index in [1.54, 1.807) is 35.3 Å². The van der Waals surface area contributed by atoms with E-state index in [4.69, 9.17) is 0 Å². The average Bonchev–Trinajstić information content (AvgIpc) is 3.29. The van der Waals surface area contributed by atoms with Crippen LogP contribution in [0.15, 0.2) is 61.1 Å². The second kappa shape index (κ2) is 9.20. The number of amides is 1. The fourth-order valence-electron chi connectivity index (χ4n) is 3.78. The Hall–Kier alpha value is -4.44. The summed E-state index contributed by atoms with van der Waals surface area (Å²) in [6.07, 6.45) is 5.11. The third-order valence-electron chi connectivity index (χ3n) is 5.57. The standard InChI is InChI=1S/C24H24N8O2/c1-15-2-4-17(33)13-20(15)28-19-6-7-26-23-22(19)24(34)30-21-12-16(3-5-18(21)29-23)14-25-8-10-32-11-9-27-31-32/h2-7,9,11-13,25,33H,8,10,14H2,1H3,(H,30,34)(H2,26,28,29). The van der Waals surface area contributed by atoms with Crippen LogP contribution in [-0.4, -0.2) is 37.5 Å². The molecule has 0 bridgehead atoms. The molecular formula is C24H24N8O2. The summed E-state index contributed by atoms with van der Waals surface area (Å²) in [7, 11) is 0. The number of aryl methyl sites for hydroxylation is 1. The summed E-state index contributed by atoms with van der Waals surface area (Å²) in [6.45, 7) is 4.03. The predicted octanol–water partition coefficient (Wildman–Crippen LogP) is 3.53. The zero-order chi connectivity index (χ0) is 23.5. The fraction of sp³-hybridized carbons (Fsp3) is 0.167. The topological polar surface area (TPSA) is 129 Å². The number of nitrogens with zero attached hydrogens (tertiary/aromatic N) is 4. The fourth-order valence-corrected chi connectivity index (χ4v) is 3.78. The summed E-state index contributed by atoms with van der Waals surface area (Å²) in [5.74, 6) is 0.328. The molecule has 0 saturated carbocycles. The summed E-state index contributed by atoms with van der Waals surface area (Å²) in [5, 5.41) is 30.5. The second-order valence-electron chi connectivity index (χ2n) is 8.01. The molecule has 0 aliphatic carbocycles. The van der Waals surface area contributed by atoms with E-state index < -0.39 is 0 Å². The number of phenolic OH excluding ortho intramolecular Hbond substituents is 1. The maximum absolute atomic E-state index is 13.2. The number of nitrogens with one attached hydrogen (secondary N) is 4. The molecule has 1 aliphatic heterocycles. The van der Waals surface area contributed by atoms with Crippen LogP contribution < -0.4 is 21.3 Å². The van der Waals surface area contributed by atoms with E-state index >= 15 is 0 Å². The van der Waals surface area contributed by atoms with Gasteiger partial charge in [-0.25, -0.2) is 4.98 Å². The number of fused-ring (bicyclic) bond motifs is 2. The summed E-state index contributed by atoms with van der Waals surface area (Å²) in [4.78, 5) is 17.6. The van der Waals surface area contributed by atoms with E-state index in [1.807, 2.05) is 37.4 Å². The predicted molar refractivity (Wildman–Crippen MR) is 130 cm³/mol. The van der Waals surface area contributed by atoms with Crippen molar-refractivity contribution < 1.29 is 9.90 Å². The number of hydrogen-bond donors (Lipinski definition) is 5. The number of phenols is 1. The first-order valence-corrected chi connectivity index (χ1v) is 10.9. The monoisotopic (exact) mass is 456 g/mol. The van der Waals surface area contributed by atoms with Crippen LogP contribution in [0.5, 0.6) is 5.75 Å². The third-order valence-corrected chi connectivity index (χ3v) is 5.57. The largest absolute Gasteiger partial charge is 0.508 e. The third kappa shape index (κ3) is 4.52. The van der Waals surface area contributed by atoms with E-state index in [0.717, 1.165) is 29.9 Å². The first-order valence-electron chi connectivity index (χ1n) is 10.9. The molecule has 0 radical (unpaired) electrons. The van der Waals surface area contributed by atoms with Gasteiger partial charge in [-0.3, -0.25) is 9.48 Å². The van der Waals surface area contributed by atoms with Crippen molar-refractivity contribution in [1.29, 1.82) is 0 Å². The highest BCUT2D eigenvalue weighted by Crippen LogP contribution is 2.36. The zero-order valence-corrected chi connectivity index (χ0v) is 18.5. The molecule has 0 spiro atoms. The van der Waals surface area contributed by atoms with Crippen molar-refractivity contribution in [3.8, 4) is 5.75 Å². The number of carbonyl (C=O) groups is 1. The molecule has 5 rings (SSSR count). The number of aromatic nitrogens is 4. The Kier molecular flexibility index (Phi) is 5.79. The maximum Gasteiger partial charge on any atom is 0.261 e. The lowest BCUT2D eigenvalue weighted by Gasteiger charge is -2.14. The van der Waals surface area contributed by atoms with Gasteiger partial charge in [0, 0.05) is 37.2 Å². The summed E-state index contributed by atoms with van der Waals surface area (Å²) < 4.78 is 1.77. The number of hydrogen-bond acceptors (Lipinski definition) is 8. The molecule has 0 fully saturated rings. The summed E-state index contributed by atoms with van der Waals surface area (Å²) >= 11 is 0. The molecule has 0 saturated heterocycles. The van der Waals surface area contributed by atoms with Gasteiger partial charge >= 0.3 is 0 Å². The van der Waals surface area contributed by atoms with Crippen molar-refractivity contribution in [3.05, 3.63) is 77.7 Å². The van der Waals surface area contributed by atoms with Crippen LogP contribution in [0.2, 0.25) is 0 Å². The highest BCUT2D eigenvalue weighted by molar-refractivity contribution is 6.15. The van der Waals surface area contributed by atoms with Crippen LogP contribution in [-0.2, 0) is 13.1 Å². The van der Waals surface area contributed by atoms with E-state index in [2.05, 4.69) is 36.6 Å². The molecule has 4 aromatic rings. The van der Waals surface area contributed by atoms with Gasteiger partial charge in [0.15, 0.2) is 0 Å². The van der Waals surface area contributed by atoms with Gasteiger partial charge in [0.1, 0.15) is 17.1 Å². The van der Waals surface area contributed by atoms with E-state index in [9.17, 15) is 9.90 Å². The summed E-state index contributed by atoms with van der Waals surface area (Å²) in [5.41, 5.74) is 5.11. The molecule has 2 aromatic carbocycles. The van der Waals surface area contributed by atoms with Crippen molar-refractivity contribution >= 4 is 34.5 Å². The molecule has 1 aliphatic rings. The average molecular weight is 457 g/mol. The Bertz CT molecular complexity index is 1340. The minimum atomic E-state index is -0.272. The first-order chi connectivity index (χ1) is 16.6. The van der Waals surface area contributed by atoms with Crippen LogP contribution in [0, 0.1) is 6.92 Å². The quantitative estimate of drug-likeness (QED) is 0.267. The smallest absolute Gasteiger partial charge is 0.261 e. The number of benzene rings is 2. The Balaban J connectivity index is 1.33. The van der Waals surface area contributed by atoms with Gasteiger partial charge in [-0.1, -0.05) is 17.3 Å². The second-order valence-corrected chi connectivity index (χ2v) is 8.01. The molecule has 10 heteroatoms. The van der Waals surface area contributed by atoms with E-state index in [1.165, 1.54) is 0 Å². The molecule has 2 aromatic heterocycles. The number of aromatic hydroxyl groups is 1. The minimum Gasteiger partial charge on any atom is -0.508 e. The Labute approximate surface area is 196 Å². The number of carbonyl (C=O) groups excluding carboxylic acids is 1. The first kappa shape index (κ1) is 21.4. The van der Waals surface area contributed by atoms with Crippen molar-refractivity contribution in [1.82, 2.24) is 25.3 Å². The minimum absolute atomic E-state index is 0.144. The van der Waals surface area contributed by atoms with Gasteiger partial charge in [-0.05, 0) is 42.3 Å². The van der Waals surface area contributed by atoms with Crippen molar-refractivity contribution in [2.45, 2.75) is 20.0 Å². The molecule has 5 N–H and O–H groups in total. The van der Waals surface area contributed by atoms with Gasteiger partial charge in [-0.2, -0.15) is 0 Å². The van der Waals surface area contributed by atoms with Crippen LogP contribution in [0.1, 0.15) is 21.5 Å². The van der Waals surface area contributed by atoms with Crippen LogP contribution >= 0.6 is 0 Å². The number of pyridine rings is 1. The molecule has 34 heavy (non-hydrogen) atoms. The van der Waals surface area contributed by atoms with Gasteiger partial charge < -0.3 is 26.4 Å². The van der Waals surface area contributed by atoms with E-state index in [-0.39, 0.29) is 11.7 Å². The Morgan fingerprint density at radius 2 is 1.94 bits per heavy atom. The van der Waals surface area contributed by atoms with Crippen molar-refractivity contribution in [2.75, 3.05) is 22.5 Å². The van der Waals surface area contributed by atoms with E-state index in [0.29, 0.717) is 35.0 Å². The van der Waals surface area contributed by atoms with Gasteiger partial charge in [0.05, 0.1) is 29.8 Å². The molecule has 0 atom stereocenters. The maximum atomic E-state index is 13.2. The normalized spacial score (nSPS) is 12.2. The Morgan fingerprint density at radius 3 is 2.79 bits per heavy atom. The number of anilines is 5. The lowest BCUT2D eigenvalue weighted by atomic mass is 10.1. The van der Waals surface area contributed by atoms with Gasteiger partial charge in [0.2, 0.25) is 0 Å². The lowest BCUT2D eigenvalue weighted by molar-refractivity contribution is 0.102. The van der Waals surface area contributed by atoms with Crippen molar-refractivity contribution in [3.63, 3.8) is 0 Å². The summed E-state index contributed by atoms with van der Waals surface area (Å²) in [6, 6.07) is 12.7. The molecule has 0 unspecified atom stereocenters. The SMILES string of the molecule is Cc1ccc(O)cc1Nc1ccnc2c1C(=O)Nc1cc(CNCCn3ccnn3)ccc1N2. The number of rotatable bonds is 7. The van der Waals surface area contributed by atoms with Gasteiger partial charge in [0.25, 0.3) is 5.91 Å². The molecule has 10 nitrogen and oxygen atoms in total. The zero-order valence-electron chi connectivity index (χ0n) is 18.5. The Morgan fingerprint density at radius 1 is 1.03 bits per heavy atom.